The number of carbonyl (C=O) groups excluding carboxylic acids is 1. The third-order valence-electron chi connectivity index (χ3n) is 2.03. The molecule has 0 heterocycles. The van der Waals surface area contributed by atoms with Gasteiger partial charge in [0.15, 0.2) is 0 Å². The van der Waals surface area contributed by atoms with Crippen LogP contribution in [-0.4, -0.2) is 24.4 Å². The van der Waals surface area contributed by atoms with E-state index in [2.05, 4.69) is 9.47 Å². The second-order valence-electron chi connectivity index (χ2n) is 3.28. The van der Waals surface area contributed by atoms with Crippen molar-refractivity contribution in [1.82, 2.24) is 0 Å². The molecule has 0 fully saturated rings. The van der Waals surface area contributed by atoms with Crippen LogP contribution in [0.5, 0.6) is 5.75 Å². The van der Waals surface area contributed by atoms with Crippen molar-refractivity contribution in [3.63, 3.8) is 0 Å². The van der Waals surface area contributed by atoms with E-state index in [-0.39, 0.29) is 0 Å². The van der Waals surface area contributed by atoms with E-state index in [0.717, 1.165) is 7.11 Å². The van der Waals surface area contributed by atoms with Crippen LogP contribution in [0.15, 0.2) is 12.1 Å². The van der Waals surface area contributed by atoms with Gasteiger partial charge in [-0.05, 0) is 6.07 Å². The van der Waals surface area contributed by atoms with Gasteiger partial charge in [0, 0.05) is 6.07 Å². The normalized spacial score (nSPS) is 10.6. The first-order valence-corrected chi connectivity index (χ1v) is 4.76. The molecular weight excluding hydrogens is 285 g/mol. The van der Waals surface area contributed by atoms with Crippen LogP contribution in [0.3, 0.4) is 0 Å². The van der Waals surface area contributed by atoms with Gasteiger partial charge in [0.05, 0.1) is 17.6 Å². The SMILES string of the molecule is COC(=O)c1cc(C#N)c(OC(F)(F)F)c([N+](=O)[O-])c1. The van der Waals surface area contributed by atoms with Crippen LogP contribution < -0.4 is 4.74 Å². The predicted molar refractivity (Wildman–Crippen MR) is 55.8 cm³/mol. The van der Waals surface area contributed by atoms with Gasteiger partial charge in [-0.1, -0.05) is 0 Å². The van der Waals surface area contributed by atoms with Crippen molar-refractivity contribution in [3.8, 4) is 11.8 Å². The molecule has 0 N–H and O–H groups in total. The number of benzene rings is 1. The molecule has 0 aromatic heterocycles. The van der Waals surface area contributed by atoms with E-state index in [9.17, 15) is 28.1 Å². The van der Waals surface area contributed by atoms with Gasteiger partial charge in [-0.2, -0.15) is 5.26 Å². The molecule has 20 heavy (non-hydrogen) atoms. The Morgan fingerprint density at radius 3 is 2.45 bits per heavy atom. The molecule has 0 spiro atoms. The minimum atomic E-state index is -5.22. The lowest BCUT2D eigenvalue weighted by molar-refractivity contribution is -0.388. The molecule has 0 atom stereocenters. The first-order valence-electron chi connectivity index (χ1n) is 4.76. The molecule has 0 unspecified atom stereocenters. The van der Waals surface area contributed by atoms with E-state index in [1.807, 2.05) is 0 Å². The monoisotopic (exact) mass is 290 g/mol. The average molecular weight is 290 g/mol. The Balaban J connectivity index is 3.54. The molecule has 0 amide bonds. The third kappa shape index (κ3) is 3.35. The van der Waals surface area contributed by atoms with Gasteiger partial charge < -0.3 is 9.47 Å². The van der Waals surface area contributed by atoms with Gasteiger partial charge in [-0.3, -0.25) is 10.1 Å². The number of halogens is 3. The standard InChI is InChI=1S/C10H5F3N2O5/c1-19-9(16)5-2-6(4-14)8(20-10(11,12)13)7(3-5)15(17)18/h2-3H,1H3. The summed E-state index contributed by atoms with van der Waals surface area (Å²) in [7, 11) is 0.973. The first kappa shape index (κ1) is 15.2. The molecule has 1 aromatic rings. The second-order valence-corrected chi connectivity index (χ2v) is 3.28. The van der Waals surface area contributed by atoms with Gasteiger partial charge in [-0.15, -0.1) is 13.2 Å². The molecule has 0 radical (unpaired) electrons. The highest BCUT2D eigenvalue weighted by molar-refractivity contribution is 5.91. The lowest BCUT2D eigenvalue weighted by Crippen LogP contribution is -2.19. The predicted octanol–water partition coefficient (Wildman–Crippen LogP) is 2.15. The number of rotatable bonds is 3. The van der Waals surface area contributed by atoms with E-state index >= 15 is 0 Å². The van der Waals surface area contributed by atoms with Crippen molar-refractivity contribution in [1.29, 1.82) is 5.26 Å². The smallest absolute Gasteiger partial charge is 0.465 e. The number of hydrogen-bond donors (Lipinski definition) is 0. The molecule has 0 aliphatic carbocycles. The molecule has 0 aliphatic heterocycles. The molecule has 0 saturated carbocycles. The Morgan fingerprint density at radius 1 is 1.45 bits per heavy atom. The Bertz CT molecular complexity index is 606. The zero-order chi connectivity index (χ0) is 15.5. The third-order valence-corrected chi connectivity index (χ3v) is 2.03. The van der Waals surface area contributed by atoms with Crippen molar-refractivity contribution in [2.75, 3.05) is 7.11 Å². The average Bonchev–Trinajstić information content (AvgIpc) is 2.35. The van der Waals surface area contributed by atoms with Crippen molar-refractivity contribution in [3.05, 3.63) is 33.4 Å². The van der Waals surface area contributed by atoms with Crippen LogP contribution in [0.2, 0.25) is 0 Å². The number of nitrogens with zero attached hydrogens (tertiary/aromatic N) is 2. The van der Waals surface area contributed by atoms with Crippen LogP contribution in [-0.2, 0) is 4.74 Å². The topological polar surface area (TPSA) is 102 Å². The van der Waals surface area contributed by atoms with Crippen LogP contribution >= 0.6 is 0 Å². The van der Waals surface area contributed by atoms with E-state index in [0.29, 0.717) is 12.1 Å². The maximum absolute atomic E-state index is 12.2. The Kier molecular flexibility index (Phi) is 4.14. The summed E-state index contributed by atoms with van der Waals surface area (Å²) < 4.78 is 44.3. The molecule has 1 aromatic carbocycles. The molecule has 10 heteroatoms. The summed E-state index contributed by atoms with van der Waals surface area (Å²) in [5.74, 6) is -2.32. The van der Waals surface area contributed by atoms with Crippen LogP contribution in [0, 0.1) is 21.4 Å². The highest BCUT2D eigenvalue weighted by Gasteiger charge is 2.36. The number of alkyl halides is 3. The maximum atomic E-state index is 12.2. The van der Waals surface area contributed by atoms with Crippen molar-refractivity contribution in [2.24, 2.45) is 0 Å². The van der Waals surface area contributed by atoms with Gasteiger partial charge in [0.25, 0.3) is 0 Å². The van der Waals surface area contributed by atoms with Crippen molar-refractivity contribution < 1.29 is 32.4 Å². The molecule has 0 bridgehead atoms. The van der Waals surface area contributed by atoms with E-state index in [4.69, 9.17) is 5.26 Å². The summed E-state index contributed by atoms with van der Waals surface area (Å²) in [5.41, 5.74) is -2.41. The Hall–Kier alpha value is -2.83. The first-order chi connectivity index (χ1) is 9.19. The second kappa shape index (κ2) is 5.43. The summed E-state index contributed by atoms with van der Waals surface area (Å²) >= 11 is 0. The summed E-state index contributed by atoms with van der Waals surface area (Å²) in [5, 5.41) is 19.5. The molecular formula is C10H5F3N2O5. The molecule has 1 rings (SSSR count). The summed E-state index contributed by atoms with van der Waals surface area (Å²) in [4.78, 5) is 20.8. The highest BCUT2D eigenvalue weighted by Crippen LogP contribution is 2.36. The number of methoxy groups -OCH3 is 1. The summed E-state index contributed by atoms with van der Waals surface area (Å²) in [6.45, 7) is 0. The van der Waals surface area contributed by atoms with E-state index < -0.39 is 39.8 Å². The lowest BCUT2D eigenvalue weighted by Gasteiger charge is -2.11. The quantitative estimate of drug-likeness (QED) is 0.480. The fourth-order valence-corrected chi connectivity index (χ4v) is 1.29. The molecule has 106 valence electrons. The number of nitriles is 1. The summed E-state index contributed by atoms with van der Waals surface area (Å²) in [6, 6.07) is 2.54. The van der Waals surface area contributed by atoms with Gasteiger partial charge >= 0.3 is 18.0 Å². The Labute approximate surface area is 109 Å². The van der Waals surface area contributed by atoms with Crippen LogP contribution in [0.4, 0.5) is 18.9 Å². The lowest BCUT2D eigenvalue weighted by atomic mass is 10.1. The van der Waals surface area contributed by atoms with E-state index in [1.165, 1.54) is 6.07 Å². The highest BCUT2D eigenvalue weighted by atomic mass is 19.4. The molecule has 0 saturated heterocycles. The molecule has 0 aliphatic rings. The van der Waals surface area contributed by atoms with Crippen molar-refractivity contribution in [2.45, 2.75) is 6.36 Å². The summed E-state index contributed by atoms with van der Waals surface area (Å²) in [6.07, 6.45) is -5.22. The minimum Gasteiger partial charge on any atom is -0.465 e. The zero-order valence-electron chi connectivity index (χ0n) is 9.72. The number of carbonyl (C=O) groups is 1. The molecule has 7 nitrogen and oxygen atoms in total. The minimum absolute atomic E-state index is 0.440. The van der Waals surface area contributed by atoms with Crippen molar-refractivity contribution >= 4 is 11.7 Å². The number of hydrogen-bond acceptors (Lipinski definition) is 6. The number of ether oxygens (including phenoxy) is 2. The van der Waals surface area contributed by atoms with E-state index in [1.54, 1.807) is 0 Å². The number of nitro groups is 1. The Morgan fingerprint density at radius 2 is 2.05 bits per heavy atom. The zero-order valence-corrected chi connectivity index (χ0v) is 9.72. The van der Waals surface area contributed by atoms with Crippen LogP contribution in [0.25, 0.3) is 0 Å². The van der Waals surface area contributed by atoms with Gasteiger partial charge in [0.1, 0.15) is 11.6 Å². The number of nitro benzene ring substituents is 1. The maximum Gasteiger partial charge on any atom is 0.573 e. The fraction of sp³-hybridized carbons (Fsp3) is 0.200. The van der Waals surface area contributed by atoms with Crippen LogP contribution in [0.1, 0.15) is 15.9 Å². The van der Waals surface area contributed by atoms with Gasteiger partial charge in [0.2, 0.25) is 5.75 Å². The largest absolute Gasteiger partial charge is 0.573 e. The van der Waals surface area contributed by atoms with Gasteiger partial charge in [-0.25, -0.2) is 4.79 Å². The fourth-order valence-electron chi connectivity index (χ4n) is 1.29. The number of esters is 1.